The first-order chi connectivity index (χ1) is 8.16. The maximum atomic E-state index is 9.96. The number of rotatable bonds is 3. The molecule has 0 spiro atoms. The summed E-state index contributed by atoms with van der Waals surface area (Å²) in [6.07, 6.45) is 4.26. The summed E-state index contributed by atoms with van der Waals surface area (Å²) in [7, 11) is 0. The van der Waals surface area contributed by atoms with Gasteiger partial charge in [-0.3, -0.25) is 0 Å². The number of aryl methyl sites for hydroxylation is 1. The minimum Gasteiger partial charge on any atom is -0.392 e. The van der Waals surface area contributed by atoms with Crippen molar-refractivity contribution in [1.29, 1.82) is 0 Å². The lowest BCUT2D eigenvalue weighted by Crippen LogP contribution is -2.43. The van der Waals surface area contributed by atoms with Crippen molar-refractivity contribution in [2.75, 3.05) is 0 Å². The van der Waals surface area contributed by atoms with E-state index in [2.05, 4.69) is 43.4 Å². The van der Waals surface area contributed by atoms with Crippen LogP contribution in [0.25, 0.3) is 0 Å². The van der Waals surface area contributed by atoms with Gasteiger partial charge in [-0.1, -0.05) is 42.7 Å². The smallest absolute Gasteiger partial charge is 0.0693 e. The van der Waals surface area contributed by atoms with Gasteiger partial charge in [-0.2, -0.15) is 0 Å². The zero-order valence-corrected chi connectivity index (χ0v) is 10.8. The summed E-state index contributed by atoms with van der Waals surface area (Å²) >= 11 is 0. The molecule has 1 aromatic rings. The van der Waals surface area contributed by atoms with Gasteiger partial charge in [-0.15, -0.1) is 0 Å². The summed E-state index contributed by atoms with van der Waals surface area (Å²) in [5.74, 6) is 0. The van der Waals surface area contributed by atoms with Crippen LogP contribution in [-0.2, 0) is 0 Å². The Kier molecular flexibility index (Phi) is 4.19. The molecule has 0 heterocycles. The van der Waals surface area contributed by atoms with Crippen LogP contribution in [0.4, 0.5) is 0 Å². The Labute approximate surface area is 104 Å². The van der Waals surface area contributed by atoms with Crippen molar-refractivity contribution in [3.05, 3.63) is 35.4 Å². The zero-order valence-electron chi connectivity index (χ0n) is 10.8. The predicted molar refractivity (Wildman–Crippen MR) is 71.0 cm³/mol. The highest BCUT2D eigenvalue weighted by Crippen LogP contribution is 2.22. The third-order valence-electron chi connectivity index (χ3n) is 3.74. The van der Waals surface area contributed by atoms with Crippen LogP contribution in [0.1, 0.15) is 49.8 Å². The van der Waals surface area contributed by atoms with Gasteiger partial charge in [0.25, 0.3) is 0 Å². The van der Waals surface area contributed by atoms with E-state index in [0.717, 1.165) is 19.3 Å². The van der Waals surface area contributed by atoms with Gasteiger partial charge in [0, 0.05) is 12.1 Å². The largest absolute Gasteiger partial charge is 0.392 e. The van der Waals surface area contributed by atoms with E-state index in [4.69, 9.17) is 0 Å². The first kappa shape index (κ1) is 12.6. The molecule has 0 saturated heterocycles. The molecule has 2 rings (SSSR count). The van der Waals surface area contributed by atoms with Gasteiger partial charge >= 0.3 is 0 Å². The van der Waals surface area contributed by atoms with Gasteiger partial charge < -0.3 is 10.4 Å². The molecule has 0 aliphatic heterocycles. The highest BCUT2D eigenvalue weighted by molar-refractivity contribution is 5.24. The van der Waals surface area contributed by atoms with E-state index < -0.39 is 0 Å². The summed E-state index contributed by atoms with van der Waals surface area (Å²) < 4.78 is 0. The second-order valence-corrected chi connectivity index (χ2v) is 5.26. The lowest BCUT2D eigenvalue weighted by atomic mass is 9.91. The van der Waals surface area contributed by atoms with Crippen LogP contribution in [0.3, 0.4) is 0 Å². The zero-order chi connectivity index (χ0) is 12.3. The van der Waals surface area contributed by atoms with E-state index in [9.17, 15) is 5.11 Å². The molecule has 2 nitrogen and oxygen atoms in total. The fraction of sp³-hybridized carbons (Fsp3) is 0.600. The molecule has 1 aliphatic carbocycles. The van der Waals surface area contributed by atoms with Crippen molar-refractivity contribution in [3.8, 4) is 0 Å². The molecule has 1 aliphatic rings. The fourth-order valence-electron chi connectivity index (χ4n) is 2.66. The van der Waals surface area contributed by atoms with Crippen molar-refractivity contribution in [2.24, 2.45) is 0 Å². The Bertz CT molecular complexity index is 364. The standard InChI is InChI=1S/C15H23NO/c1-11-6-5-7-13(10-11)12(2)16-14-8-3-4-9-15(14)17/h5-7,10,12,14-17H,3-4,8-9H2,1-2H3/t12-,14-,15-/m1/s1. The Balaban J connectivity index is 1.98. The van der Waals surface area contributed by atoms with Crippen LogP contribution < -0.4 is 5.32 Å². The van der Waals surface area contributed by atoms with E-state index in [1.807, 2.05) is 0 Å². The summed E-state index contributed by atoms with van der Waals surface area (Å²) in [6, 6.07) is 9.16. The number of benzene rings is 1. The Hall–Kier alpha value is -0.860. The van der Waals surface area contributed by atoms with E-state index in [0.29, 0.717) is 6.04 Å². The van der Waals surface area contributed by atoms with Crippen LogP contribution >= 0.6 is 0 Å². The van der Waals surface area contributed by atoms with Crippen LogP contribution in [0.5, 0.6) is 0 Å². The molecule has 1 aromatic carbocycles. The van der Waals surface area contributed by atoms with Crippen LogP contribution in [-0.4, -0.2) is 17.3 Å². The van der Waals surface area contributed by atoms with Crippen molar-refractivity contribution in [3.63, 3.8) is 0 Å². The lowest BCUT2D eigenvalue weighted by Gasteiger charge is -2.31. The van der Waals surface area contributed by atoms with Gasteiger partial charge in [0.05, 0.1) is 6.10 Å². The number of hydrogen-bond donors (Lipinski definition) is 2. The molecule has 2 N–H and O–H groups in total. The molecule has 94 valence electrons. The first-order valence-corrected chi connectivity index (χ1v) is 6.67. The monoisotopic (exact) mass is 233 g/mol. The molecule has 0 unspecified atom stereocenters. The maximum absolute atomic E-state index is 9.96. The predicted octanol–water partition coefficient (Wildman–Crippen LogP) is 2.95. The van der Waals surface area contributed by atoms with Gasteiger partial charge in [-0.25, -0.2) is 0 Å². The Morgan fingerprint density at radius 3 is 2.76 bits per heavy atom. The number of hydrogen-bond acceptors (Lipinski definition) is 2. The van der Waals surface area contributed by atoms with Gasteiger partial charge in [0.2, 0.25) is 0 Å². The molecule has 3 atom stereocenters. The molecule has 17 heavy (non-hydrogen) atoms. The van der Waals surface area contributed by atoms with Crippen LogP contribution in [0.2, 0.25) is 0 Å². The molecule has 0 bridgehead atoms. The maximum Gasteiger partial charge on any atom is 0.0693 e. The number of aliphatic hydroxyl groups excluding tert-OH is 1. The fourth-order valence-corrected chi connectivity index (χ4v) is 2.66. The molecule has 0 radical (unpaired) electrons. The second kappa shape index (κ2) is 5.65. The second-order valence-electron chi connectivity index (χ2n) is 5.26. The van der Waals surface area contributed by atoms with Gasteiger partial charge in [0.15, 0.2) is 0 Å². The third-order valence-corrected chi connectivity index (χ3v) is 3.74. The van der Waals surface area contributed by atoms with Crippen molar-refractivity contribution in [1.82, 2.24) is 5.32 Å². The van der Waals surface area contributed by atoms with E-state index >= 15 is 0 Å². The van der Waals surface area contributed by atoms with Crippen molar-refractivity contribution >= 4 is 0 Å². The highest BCUT2D eigenvalue weighted by atomic mass is 16.3. The Morgan fingerprint density at radius 2 is 2.06 bits per heavy atom. The van der Waals surface area contributed by atoms with E-state index in [1.54, 1.807) is 0 Å². The highest BCUT2D eigenvalue weighted by Gasteiger charge is 2.24. The quantitative estimate of drug-likeness (QED) is 0.841. The Morgan fingerprint density at radius 1 is 1.29 bits per heavy atom. The minimum absolute atomic E-state index is 0.170. The van der Waals surface area contributed by atoms with Crippen molar-refractivity contribution in [2.45, 2.75) is 57.7 Å². The normalized spacial score (nSPS) is 26.8. The summed E-state index contributed by atoms with van der Waals surface area (Å²) in [5, 5.41) is 13.5. The molecule has 0 aromatic heterocycles. The summed E-state index contributed by atoms with van der Waals surface area (Å²) in [6.45, 7) is 4.29. The first-order valence-electron chi connectivity index (χ1n) is 6.67. The van der Waals surface area contributed by atoms with Gasteiger partial charge in [-0.05, 0) is 32.3 Å². The van der Waals surface area contributed by atoms with Crippen molar-refractivity contribution < 1.29 is 5.11 Å². The average molecular weight is 233 g/mol. The molecule has 2 heteroatoms. The molecular weight excluding hydrogens is 210 g/mol. The van der Waals surface area contributed by atoms with E-state index in [-0.39, 0.29) is 12.1 Å². The summed E-state index contributed by atoms with van der Waals surface area (Å²) in [4.78, 5) is 0. The SMILES string of the molecule is Cc1cccc([C@@H](C)N[C@@H]2CCCC[C@H]2O)c1. The average Bonchev–Trinajstić information content (AvgIpc) is 2.32. The third kappa shape index (κ3) is 3.30. The summed E-state index contributed by atoms with van der Waals surface area (Å²) in [5.41, 5.74) is 2.60. The van der Waals surface area contributed by atoms with Crippen LogP contribution in [0.15, 0.2) is 24.3 Å². The minimum atomic E-state index is -0.170. The molecule has 0 amide bonds. The molecule has 1 fully saturated rings. The molecule has 1 saturated carbocycles. The topological polar surface area (TPSA) is 32.3 Å². The number of aliphatic hydroxyl groups is 1. The van der Waals surface area contributed by atoms with Crippen LogP contribution in [0, 0.1) is 6.92 Å². The number of nitrogens with one attached hydrogen (secondary N) is 1. The lowest BCUT2D eigenvalue weighted by molar-refractivity contribution is 0.0860. The van der Waals surface area contributed by atoms with Gasteiger partial charge in [0.1, 0.15) is 0 Å². The molecular formula is C15H23NO. The van der Waals surface area contributed by atoms with E-state index in [1.165, 1.54) is 17.5 Å².